The summed E-state index contributed by atoms with van der Waals surface area (Å²) in [5.74, 6) is 0.859. The molecule has 96 valence electrons. The maximum Gasteiger partial charge on any atom is 0.126 e. The molecule has 0 fully saturated rings. The number of aliphatic hydroxyl groups excluding tert-OH is 1. The molecule has 0 saturated carbocycles. The van der Waals surface area contributed by atoms with E-state index in [9.17, 15) is 0 Å². The topological polar surface area (TPSA) is 71.2 Å². The van der Waals surface area contributed by atoms with Crippen molar-refractivity contribution in [3.8, 4) is 0 Å². The molecule has 0 saturated heterocycles. The molecule has 1 aromatic carbocycles. The molecule has 1 unspecified atom stereocenters. The number of nitrogens with zero attached hydrogens (tertiary/aromatic N) is 1. The number of nitrogens with one attached hydrogen (secondary N) is 1. The first-order valence-corrected chi connectivity index (χ1v) is 6.23. The Labute approximate surface area is 107 Å². The number of nitrogens with two attached hydrogens (primary N) is 1. The van der Waals surface area contributed by atoms with Gasteiger partial charge in [-0.2, -0.15) is 0 Å². The highest BCUT2D eigenvalue weighted by molar-refractivity contribution is 5.83. The van der Waals surface area contributed by atoms with Crippen molar-refractivity contribution in [1.29, 1.82) is 0 Å². The van der Waals surface area contributed by atoms with Gasteiger partial charge in [-0.1, -0.05) is 0 Å². The molecule has 1 heterocycles. The number of hydrogen-bond donors (Lipinski definition) is 3. The highest BCUT2D eigenvalue weighted by atomic mass is 16.3. The highest BCUT2D eigenvalue weighted by Crippen LogP contribution is 2.17. The minimum absolute atomic E-state index is 0.237. The monoisotopic (exact) mass is 245 g/mol. The fourth-order valence-corrected chi connectivity index (χ4v) is 1.86. The molecule has 2 rings (SSSR count). The van der Waals surface area contributed by atoms with Crippen LogP contribution in [0.25, 0.3) is 10.9 Å². The standard InChI is InChI=1S/C14H19N3O/c1-10(18)3-2-8-16-14-7-4-11-9-12(15)5-6-13(11)17-14/h4-7,9-10,18H,2-3,8,15H2,1H3,(H,16,17). The predicted octanol–water partition coefficient (Wildman–Crippen LogP) is 2.39. The third-order valence-electron chi connectivity index (χ3n) is 2.82. The summed E-state index contributed by atoms with van der Waals surface area (Å²) < 4.78 is 0. The third-order valence-corrected chi connectivity index (χ3v) is 2.82. The first kappa shape index (κ1) is 12.6. The van der Waals surface area contributed by atoms with Gasteiger partial charge in [-0.15, -0.1) is 0 Å². The Hall–Kier alpha value is -1.81. The maximum absolute atomic E-state index is 9.16. The van der Waals surface area contributed by atoms with Crippen LogP contribution >= 0.6 is 0 Å². The zero-order valence-electron chi connectivity index (χ0n) is 10.6. The van der Waals surface area contributed by atoms with Crippen molar-refractivity contribution < 1.29 is 5.11 Å². The van der Waals surface area contributed by atoms with Gasteiger partial charge in [0, 0.05) is 17.6 Å². The van der Waals surface area contributed by atoms with Crippen LogP contribution in [0.2, 0.25) is 0 Å². The first-order chi connectivity index (χ1) is 8.65. The zero-order chi connectivity index (χ0) is 13.0. The fourth-order valence-electron chi connectivity index (χ4n) is 1.86. The average Bonchev–Trinajstić information content (AvgIpc) is 2.34. The Morgan fingerprint density at radius 1 is 1.33 bits per heavy atom. The van der Waals surface area contributed by atoms with Crippen LogP contribution in [0.4, 0.5) is 11.5 Å². The van der Waals surface area contributed by atoms with Crippen LogP contribution in [-0.2, 0) is 0 Å². The van der Waals surface area contributed by atoms with E-state index in [0.29, 0.717) is 0 Å². The van der Waals surface area contributed by atoms with E-state index in [1.165, 1.54) is 0 Å². The van der Waals surface area contributed by atoms with Crippen molar-refractivity contribution in [3.05, 3.63) is 30.3 Å². The number of aromatic nitrogens is 1. The summed E-state index contributed by atoms with van der Waals surface area (Å²) in [7, 11) is 0. The second-order valence-corrected chi connectivity index (χ2v) is 4.57. The summed E-state index contributed by atoms with van der Waals surface area (Å²) in [6.45, 7) is 2.62. The Bertz CT molecular complexity index is 525. The molecule has 1 aromatic heterocycles. The SMILES string of the molecule is CC(O)CCCNc1ccc2cc(N)ccc2n1. The number of fused-ring (bicyclic) bond motifs is 1. The molecule has 0 bridgehead atoms. The lowest BCUT2D eigenvalue weighted by molar-refractivity contribution is 0.183. The van der Waals surface area contributed by atoms with Gasteiger partial charge in [-0.05, 0) is 50.1 Å². The highest BCUT2D eigenvalue weighted by Gasteiger charge is 1.99. The molecule has 0 aliphatic carbocycles. The zero-order valence-corrected chi connectivity index (χ0v) is 10.6. The Kier molecular flexibility index (Phi) is 3.99. The summed E-state index contributed by atoms with van der Waals surface area (Å²) in [4.78, 5) is 4.50. The average molecular weight is 245 g/mol. The van der Waals surface area contributed by atoms with Crippen molar-refractivity contribution in [2.24, 2.45) is 0 Å². The molecule has 0 radical (unpaired) electrons. The van der Waals surface area contributed by atoms with Crippen molar-refractivity contribution in [1.82, 2.24) is 4.98 Å². The lowest BCUT2D eigenvalue weighted by Crippen LogP contribution is -2.07. The van der Waals surface area contributed by atoms with Crippen molar-refractivity contribution in [2.45, 2.75) is 25.9 Å². The van der Waals surface area contributed by atoms with E-state index in [4.69, 9.17) is 10.8 Å². The number of benzene rings is 1. The largest absolute Gasteiger partial charge is 0.399 e. The molecule has 4 heteroatoms. The van der Waals surface area contributed by atoms with Crippen LogP contribution in [-0.4, -0.2) is 22.7 Å². The fraction of sp³-hybridized carbons (Fsp3) is 0.357. The summed E-state index contributed by atoms with van der Waals surface area (Å²) in [5, 5.41) is 13.5. The lowest BCUT2D eigenvalue weighted by Gasteiger charge is -2.08. The van der Waals surface area contributed by atoms with E-state index in [2.05, 4.69) is 10.3 Å². The van der Waals surface area contributed by atoms with Gasteiger partial charge in [0.05, 0.1) is 11.6 Å². The van der Waals surface area contributed by atoms with Crippen LogP contribution in [0.3, 0.4) is 0 Å². The van der Waals surface area contributed by atoms with Crippen molar-refractivity contribution in [2.75, 3.05) is 17.6 Å². The van der Waals surface area contributed by atoms with Gasteiger partial charge in [-0.3, -0.25) is 0 Å². The number of nitrogen functional groups attached to an aromatic ring is 1. The van der Waals surface area contributed by atoms with Crippen LogP contribution in [0.5, 0.6) is 0 Å². The van der Waals surface area contributed by atoms with E-state index in [-0.39, 0.29) is 6.10 Å². The van der Waals surface area contributed by atoms with Crippen molar-refractivity contribution in [3.63, 3.8) is 0 Å². The minimum atomic E-state index is -0.237. The van der Waals surface area contributed by atoms with Gasteiger partial charge in [0.15, 0.2) is 0 Å². The maximum atomic E-state index is 9.16. The number of rotatable bonds is 5. The smallest absolute Gasteiger partial charge is 0.126 e. The summed E-state index contributed by atoms with van der Waals surface area (Å²) >= 11 is 0. The second kappa shape index (κ2) is 5.69. The summed E-state index contributed by atoms with van der Waals surface area (Å²) in [6.07, 6.45) is 1.50. The molecule has 0 amide bonds. The molecule has 4 N–H and O–H groups in total. The van der Waals surface area contributed by atoms with Crippen LogP contribution in [0.1, 0.15) is 19.8 Å². The Morgan fingerprint density at radius 2 is 2.17 bits per heavy atom. The lowest BCUT2D eigenvalue weighted by atomic mass is 10.2. The van der Waals surface area contributed by atoms with Gasteiger partial charge >= 0.3 is 0 Å². The summed E-state index contributed by atoms with van der Waals surface area (Å²) in [6, 6.07) is 9.65. The van der Waals surface area contributed by atoms with Crippen molar-refractivity contribution >= 4 is 22.4 Å². The first-order valence-electron chi connectivity index (χ1n) is 6.23. The Morgan fingerprint density at radius 3 is 2.94 bits per heavy atom. The predicted molar refractivity (Wildman–Crippen MR) is 75.6 cm³/mol. The Balaban J connectivity index is 1.99. The van der Waals surface area contributed by atoms with E-state index in [1.54, 1.807) is 6.92 Å². The molecule has 0 spiro atoms. The molecular formula is C14H19N3O. The third kappa shape index (κ3) is 3.34. The molecule has 1 atom stereocenters. The van der Waals surface area contributed by atoms with Crippen LogP contribution < -0.4 is 11.1 Å². The number of hydrogen-bond acceptors (Lipinski definition) is 4. The molecular weight excluding hydrogens is 226 g/mol. The molecule has 0 aliphatic rings. The quantitative estimate of drug-likeness (QED) is 0.558. The van der Waals surface area contributed by atoms with E-state index < -0.39 is 0 Å². The minimum Gasteiger partial charge on any atom is -0.399 e. The van der Waals surface area contributed by atoms with Gasteiger partial charge < -0.3 is 16.2 Å². The molecule has 18 heavy (non-hydrogen) atoms. The number of pyridine rings is 1. The van der Waals surface area contributed by atoms with Gasteiger partial charge in [0.25, 0.3) is 0 Å². The second-order valence-electron chi connectivity index (χ2n) is 4.57. The van der Waals surface area contributed by atoms with E-state index >= 15 is 0 Å². The normalized spacial score (nSPS) is 12.6. The van der Waals surface area contributed by atoms with E-state index in [0.717, 1.165) is 41.8 Å². The molecule has 0 aliphatic heterocycles. The van der Waals surface area contributed by atoms with E-state index in [1.807, 2.05) is 30.3 Å². The molecule has 2 aromatic rings. The van der Waals surface area contributed by atoms with Gasteiger partial charge in [-0.25, -0.2) is 4.98 Å². The number of aliphatic hydroxyl groups is 1. The van der Waals surface area contributed by atoms with Crippen LogP contribution in [0, 0.1) is 0 Å². The van der Waals surface area contributed by atoms with Gasteiger partial charge in [0.1, 0.15) is 5.82 Å². The van der Waals surface area contributed by atoms with Gasteiger partial charge in [0.2, 0.25) is 0 Å². The summed E-state index contributed by atoms with van der Waals surface area (Å²) in [5.41, 5.74) is 7.41. The molecule has 4 nitrogen and oxygen atoms in total. The van der Waals surface area contributed by atoms with Crippen LogP contribution in [0.15, 0.2) is 30.3 Å². The number of anilines is 2.